The van der Waals surface area contributed by atoms with Gasteiger partial charge in [-0.1, -0.05) is 158 Å². The van der Waals surface area contributed by atoms with E-state index in [2.05, 4.69) is 205 Å². The topological polar surface area (TPSA) is 14.2 Å². The van der Waals surface area contributed by atoms with Crippen molar-refractivity contribution in [1.82, 2.24) is 4.57 Å². The van der Waals surface area contributed by atoms with E-state index in [-0.39, 0.29) is 0 Å². The highest BCUT2D eigenvalue weighted by Crippen LogP contribution is 2.62. The van der Waals surface area contributed by atoms with Gasteiger partial charge in [-0.25, -0.2) is 0 Å². The summed E-state index contributed by atoms with van der Waals surface area (Å²) in [6.07, 6.45) is 0. The minimum absolute atomic E-state index is 0.468. The first-order valence-electron chi connectivity index (χ1n) is 19.8. The van der Waals surface area contributed by atoms with Crippen LogP contribution in [0.25, 0.3) is 82.1 Å². The van der Waals surface area contributed by atoms with E-state index in [1.165, 1.54) is 87.5 Å². The van der Waals surface area contributed by atoms with Crippen LogP contribution < -0.4 is 4.74 Å². The lowest BCUT2D eigenvalue weighted by atomic mass is 9.66. The predicted octanol–water partition coefficient (Wildman–Crippen LogP) is 14.4. The average molecular weight is 724 g/mol. The number of rotatable bonds is 2. The molecule has 1 aliphatic carbocycles. The molecule has 0 saturated heterocycles. The van der Waals surface area contributed by atoms with Gasteiger partial charge < -0.3 is 9.30 Å². The van der Waals surface area contributed by atoms with Gasteiger partial charge in [0.05, 0.1) is 16.4 Å². The lowest BCUT2D eigenvalue weighted by Crippen LogP contribution is -2.32. The summed E-state index contributed by atoms with van der Waals surface area (Å²) >= 11 is 0. The summed E-state index contributed by atoms with van der Waals surface area (Å²) < 4.78 is 9.30. The highest BCUT2D eigenvalue weighted by molar-refractivity contribution is 6.25. The van der Waals surface area contributed by atoms with Crippen LogP contribution in [0.4, 0.5) is 0 Å². The molecule has 57 heavy (non-hydrogen) atoms. The number of benzene rings is 10. The summed E-state index contributed by atoms with van der Waals surface area (Å²) in [4.78, 5) is 0. The van der Waals surface area contributed by atoms with E-state index >= 15 is 0 Å². The standard InChI is InChI=1S/C55H33NO/c1-2-15-39-37(13-1)38-14-3-4-16-40(38)45-33-36(27-28-41(39)45)56-51-23-11-7-19-44(51)46-31-34(26-30-52(46)56)35-25-29-50-54(32-35)57-53-24-12-10-22-49(53)55(50)47-20-8-5-17-42(47)43-18-6-9-21-48(43)55/h1-33H. The Bertz CT molecular complexity index is 3430. The molecule has 0 fully saturated rings. The molecule has 10 aromatic carbocycles. The van der Waals surface area contributed by atoms with Crippen LogP contribution in [0, 0.1) is 0 Å². The smallest absolute Gasteiger partial charge is 0.132 e. The molecule has 0 radical (unpaired) electrons. The van der Waals surface area contributed by atoms with Crippen molar-refractivity contribution in [2.45, 2.75) is 5.41 Å². The molecule has 2 nitrogen and oxygen atoms in total. The lowest BCUT2D eigenvalue weighted by molar-refractivity contribution is 0.436. The van der Waals surface area contributed by atoms with Crippen LogP contribution in [0.2, 0.25) is 0 Å². The van der Waals surface area contributed by atoms with Gasteiger partial charge in [0.15, 0.2) is 0 Å². The summed E-state index contributed by atoms with van der Waals surface area (Å²) in [7, 11) is 0. The van der Waals surface area contributed by atoms with E-state index in [4.69, 9.17) is 4.74 Å². The molecule has 0 atom stereocenters. The Morgan fingerprint density at radius 2 is 0.825 bits per heavy atom. The largest absolute Gasteiger partial charge is 0.457 e. The maximum absolute atomic E-state index is 6.86. The van der Waals surface area contributed by atoms with Crippen molar-refractivity contribution in [2.24, 2.45) is 0 Å². The van der Waals surface area contributed by atoms with Gasteiger partial charge >= 0.3 is 0 Å². The highest BCUT2D eigenvalue weighted by atomic mass is 16.5. The summed E-state index contributed by atoms with van der Waals surface area (Å²) in [5.41, 5.74) is 12.9. The first-order valence-corrected chi connectivity index (χ1v) is 19.8. The van der Waals surface area contributed by atoms with Gasteiger partial charge in [-0.15, -0.1) is 0 Å². The van der Waals surface area contributed by atoms with Crippen LogP contribution in [0.5, 0.6) is 11.5 Å². The fraction of sp³-hybridized carbons (Fsp3) is 0.0182. The van der Waals surface area contributed by atoms with Crippen LogP contribution in [0.15, 0.2) is 200 Å². The SMILES string of the molecule is c1ccc2c(c1)Oc1cc(-c3ccc4c(c3)c3ccccc3n4-c3ccc4c5ccccc5c5ccccc5c4c3)ccc1C21c2ccccc2-c2ccccc21. The first kappa shape index (κ1) is 30.9. The highest BCUT2D eigenvalue weighted by Gasteiger charge is 2.50. The molecule has 0 saturated carbocycles. The number of ether oxygens (including phenoxy) is 1. The zero-order valence-electron chi connectivity index (χ0n) is 30.9. The molecule has 2 heterocycles. The van der Waals surface area contributed by atoms with Crippen LogP contribution in [0.1, 0.15) is 22.3 Å². The second-order valence-corrected chi connectivity index (χ2v) is 15.6. The van der Waals surface area contributed by atoms with Gasteiger partial charge in [0, 0.05) is 27.6 Å². The quantitative estimate of drug-likeness (QED) is 0.162. The van der Waals surface area contributed by atoms with Crippen molar-refractivity contribution < 1.29 is 4.74 Å². The Balaban J connectivity index is 1.00. The molecule has 1 aromatic heterocycles. The van der Waals surface area contributed by atoms with Gasteiger partial charge in [-0.2, -0.15) is 0 Å². The summed E-state index contributed by atoms with van der Waals surface area (Å²) in [6.45, 7) is 0. The van der Waals surface area contributed by atoms with Gasteiger partial charge in [-0.05, 0) is 108 Å². The zero-order chi connectivity index (χ0) is 37.2. The first-order chi connectivity index (χ1) is 28.3. The number of para-hydroxylation sites is 2. The molecule has 2 heteroatoms. The number of hydrogen-bond donors (Lipinski definition) is 0. The molecule has 13 rings (SSSR count). The van der Waals surface area contributed by atoms with E-state index in [0.29, 0.717) is 0 Å². The van der Waals surface area contributed by atoms with E-state index < -0.39 is 5.41 Å². The molecule has 1 aliphatic heterocycles. The van der Waals surface area contributed by atoms with Crippen LogP contribution in [0.3, 0.4) is 0 Å². The molecular weight excluding hydrogens is 691 g/mol. The van der Waals surface area contributed by atoms with E-state index in [1.54, 1.807) is 0 Å². The maximum atomic E-state index is 6.86. The van der Waals surface area contributed by atoms with Crippen LogP contribution in [-0.4, -0.2) is 4.57 Å². The van der Waals surface area contributed by atoms with Crippen molar-refractivity contribution in [3.05, 3.63) is 222 Å². The summed E-state index contributed by atoms with van der Waals surface area (Å²) in [5.74, 6) is 1.81. The molecule has 264 valence electrons. The Morgan fingerprint density at radius 1 is 0.316 bits per heavy atom. The molecule has 2 aliphatic rings. The van der Waals surface area contributed by atoms with Crippen molar-refractivity contribution >= 4 is 54.1 Å². The van der Waals surface area contributed by atoms with Crippen molar-refractivity contribution in [1.29, 1.82) is 0 Å². The normalized spacial score (nSPS) is 13.5. The maximum Gasteiger partial charge on any atom is 0.132 e. The third-order valence-corrected chi connectivity index (χ3v) is 12.8. The number of nitrogens with zero attached hydrogens (tertiary/aromatic N) is 1. The number of hydrogen-bond acceptors (Lipinski definition) is 1. The fourth-order valence-electron chi connectivity index (χ4n) is 10.5. The fourth-order valence-corrected chi connectivity index (χ4v) is 10.5. The molecule has 0 unspecified atom stereocenters. The van der Waals surface area contributed by atoms with Gasteiger partial charge in [0.2, 0.25) is 0 Å². The van der Waals surface area contributed by atoms with Gasteiger partial charge in [0.1, 0.15) is 11.5 Å². The monoisotopic (exact) mass is 723 g/mol. The van der Waals surface area contributed by atoms with Gasteiger partial charge in [-0.3, -0.25) is 0 Å². The Morgan fingerprint density at radius 3 is 1.54 bits per heavy atom. The van der Waals surface area contributed by atoms with Gasteiger partial charge in [0.25, 0.3) is 0 Å². The lowest BCUT2D eigenvalue weighted by Gasteiger charge is -2.39. The van der Waals surface area contributed by atoms with Crippen molar-refractivity contribution in [2.75, 3.05) is 0 Å². The van der Waals surface area contributed by atoms with E-state index in [9.17, 15) is 0 Å². The summed E-state index contributed by atoms with van der Waals surface area (Å²) in [6, 6.07) is 73.6. The van der Waals surface area contributed by atoms with Crippen molar-refractivity contribution in [3.63, 3.8) is 0 Å². The number of aromatic nitrogens is 1. The number of fused-ring (bicyclic) bond motifs is 18. The third kappa shape index (κ3) is 4.04. The Labute approximate surface area is 329 Å². The molecule has 1 spiro atoms. The molecule has 0 amide bonds. The molecular formula is C55H33NO. The Kier molecular flexibility index (Phi) is 6.13. The third-order valence-electron chi connectivity index (χ3n) is 12.8. The zero-order valence-corrected chi connectivity index (χ0v) is 30.9. The van der Waals surface area contributed by atoms with Crippen molar-refractivity contribution in [3.8, 4) is 39.4 Å². The minimum Gasteiger partial charge on any atom is -0.457 e. The average Bonchev–Trinajstić information content (AvgIpc) is 3.77. The summed E-state index contributed by atoms with van der Waals surface area (Å²) in [5, 5.41) is 10.2. The second kappa shape index (κ2) is 11.3. The molecule has 0 N–H and O–H groups in total. The second-order valence-electron chi connectivity index (χ2n) is 15.6. The minimum atomic E-state index is -0.468. The molecule has 11 aromatic rings. The molecule has 0 bridgehead atoms. The van der Waals surface area contributed by atoms with E-state index in [0.717, 1.165) is 28.3 Å². The Hall–Kier alpha value is -7.42. The van der Waals surface area contributed by atoms with Crippen LogP contribution in [-0.2, 0) is 5.41 Å². The predicted molar refractivity (Wildman–Crippen MR) is 236 cm³/mol. The van der Waals surface area contributed by atoms with Crippen LogP contribution >= 0.6 is 0 Å². The van der Waals surface area contributed by atoms with E-state index in [1.807, 2.05) is 0 Å².